The lowest BCUT2D eigenvalue weighted by atomic mass is 9.92. The number of fused-ring (bicyclic) bond motifs is 1. The Labute approximate surface area is 159 Å². The number of hydrogen-bond acceptors (Lipinski definition) is 2. The van der Waals surface area contributed by atoms with Crippen LogP contribution in [0.25, 0.3) is 21.9 Å². The molecule has 0 aliphatic heterocycles. The second-order valence-corrected chi connectivity index (χ2v) is 6.12. The van der Waals surface area contributed by atoms with Gasteiger partial charge in [0.25, 0.3) is 0 Å². The van der Waals surface area contributed by atoms with Gasteiger partial charge in [0.05, 0.1) is 7.11 Å². The van der Waals surface area contributed by atoms with Crippen LogP contribution in [0.1, 0.15) is 11.1 Å². The molecule has 0 bridgehead atoms. The summed E-state index contributed by atoms with van der Waals surface area (Å²) in [5.41, 5.74) is 4.96. The van der Waals surface area contributed by atoms with E-state index in [1.165, 1.54) is 27.5 Å². The molecule has 0 saturated carbocycles. The topological polar surface area (TPSA) is 22.1 Å². The predicted octanol–water partition coefficient (Wildman–Crippen LogP) is 5.92. The van der Waals surface area contributed by atoms with E-state index in [9.17, 15) is 0 Å². The Morgan fingerprint density at radius 1 is 0.846 bits per heavy atom. The third-order valence-electron chi connectivity index (χ3n) is 4.50. The van der Waals surface area contributed by atoms with Crippen molar-refractivity contribution in [3.05, 3.63) is 96.3 Å². The van der Waals surface area contributed by atoms with Crippen LogP contribution < -0.4 is 4.74 Å². The van der Waals surface area contributed by atoms with Crippen LogP contribution in [-0.2, 0) is 6.42 Å². The van der Waals surface area contributed by atoms with E-state index >= 15 is 0 Å². The molecule has 0 atom stereocenters. The Morgan fingerprint density at radius 3 is 2.23 bits per heavy atom. The zero-order chi connectivity index (χ0) is 17.1. The highest BCUT2D eigenvalue weighted by molar-refractivity contribution is 5.89. The number of benzene rings is 3. The number of hydrogen-bond donors (Lipinski definition) is 0. The number of aromatic nitrogens is 1. The largest absolute Gasteiger partial charge is 0.497 e. The van der Waals surface area contributed by atoms with Gasteiger partial charge in [-0.15, -0.1) is 12.4 Å². The first kappa shape index (κ1) is 18.0. The number of nitrogens with zero attached hydrogens (tertiary/aromatic N) is 1. The van der Waals surface area contributed by atoms with E-state index in [4.69, 9.17) is 4.74 Å². The standard InChI is InChI=1S/C23H19NO.ClH/c1-25-22-10-8-17(9-11-22)13-21-14-18-5-2-3-6-19(18)15-23(21)20-7-4-12-24-16-20;/h2-12,14-16H,13H2,1H3;1H. The molecule has 26 heavy (non-hydrogen) atoms. The molecule has 0 spiro atoms. The molecule has 1 heterocycles. The summed E-state index contributed by atoms with van der Waals surface area (Å²) >= 11 is 0. The lowest BCUT2D eigenvalue weighted by molar-refractivity contribution is 0.414. The van der Waals surface area contributed by atoms with Crippen molar-refractivity contribution < 1.29 is 4.74 Å². The van der Waals surface area contributed by atoms with Crippen molar-refractivity contribution in [2.45, 2.75) is 6.42 Å². The van der Waals surface area contributed by atoms with E-state index in [0.29, 0.717) is 0 Å². The van der Waals surface area contributed by atoms with Crippen molar-refractivity contribution in [2.75, 3.05) is 7.11 Å². The number of rotatable bonds is 4. The summed E-state index contributed by atoms with van der Waals surface area (Å²) in [4.78, 5) is 4.30. The zero-order valence-electron chi connectivity index (χ0n) is 14.6. The molecular weight excluding hydrogens is 342 g/mol. The second-order valence-electron chi connectivity index (χ2n) is 6.12. The molecule has 0 unspecified atom stereocenters. The second kappa shape index (κ2) is 8.03. The maximum Gasteiger partial charge on any atom is 0.118 e. The van der Waals surface area contributed by atoms with Gasteiger partial charge in [-0.1, -0.05) is 48.5 Å². The highest BCUT2D eigenvalue weighted by Crippen LogP contribution is 2.30. The van der Waals surface area contributed by atoms with E-state index < -0.39 is 0 Å². The molecule has 0 fully saturated rings. The molecule has 3 aromatic carbocycles. The summed E-state index contributed by atoms with van der Waals surface area (Å²) in [5.74, 6) is 0.884. The van der Waals surface area contributed by atoms with Crippen molar-refractivity contribution in [2.24, 2.45) is 0 Å². The van der Waals surface area contributed by atoms with Gasteiger partial charge in [0, 0.05) is 18.0 Å². The van der Waals surface area contributed by atoms with E-state index in [1.807, 2.05) is 30.6 Å². The Morgan fingerprint density at radius 2 is 1.58 bits per heavy atom. The van der Waals surface area contributed by atoms with Crippen molar-refractivity contribution >= 4 is 23.2 Å². The van der Waals surface area contributed by atoms with Gasteiger partial charge in [-0.3, -0.25) is 4.98 Å². The molecule has 2 nitrogen and oxygen atoms in total. The van der Waals surface area contributed by atoms with Gasteiger partial charge in [0.2, 0.25) is 0 Å². The van der Waals surface area contributed by atoms with Crippen LogP contribution >= 0.6 is 12.4 Å². The van der Waals surface area contributed by atoms with Crippen molar-refractivity contribution in [3.8, 4) is 16.9 Å². The van der Waals surface area contributed by atoms with Gasteiger partial charge in [-0.05, 0) is 58.1 Å². The maximum absolute atomic E-state index is 5.26. The highest BCUT2D eigenvalue weighted by atomic mass is 35.5. The quantitative estimate of drug-likeness (QED) is 0.450. The molecule has 0 saturated heterocycles. The molecule has 0 N–H and O–H groups in total. The van der Waals surface area contributed by atoms with Crippen LogP contribution in [-0.4, -0.2) is 12.1 Å². The van der Waals surface area contributed by atoms with Crippen LogP contribution in [0.15, 0.2) is 85.2 Å². The third-order valence-corrected chi connectivity index (χ3v) is 4.50. The van der Waals surface area contributed by atoms with Crippen molar-refractivity contribution in [1.29, 1.82) is 0 Å². The van der Waals surface area contributed by atoms with Gasteiger partial charge >= 0.3 is 0 Å². The molecule has 130 valence electrons. The molecule has 3 heteroatoms. The normalized spacial score (nSPS) is 10.3. The first-order chi connectivity index (χ1) is 12.3. The number of methoxy groups -OCH3 is 1. The van der Waals surface area contributed by atoms with Crippen molar-refractivity contribution in [1.82, 2.24) is 4.98 Å². The summed E-state index contributed by atoms with van der Waals surface area (Å²) in [6.07, 6.45) is 4.62. The average Bonchev–Trinajstić information content (AvgIpc) is 2.69. The van der Waals surface area contributed by atoms with Crippen molar-refractivity contribution in [3.63, 3.8) is 0 Å². The van der Waals surface area contributed by atoms with Gasteiger partial charge in [-0.25, -0.2) is 0 Å². The fourth-order valence-electron chi connectivity index (χ4n) is 3.19. The minimum Gasteiger partial charge on any atom is -0.497 e. The summed E-state index contributed by atoms with van der Waals surface area (Å²) in [6, 6.07) is 25.4. The number of halogens is 1. The smallest absolute Gasteiger partial charge is 0.118 e. The molecule has 4 rings (SSSR count). The molecule has 0 aliphatic rings. The first-order valence-corrected chi connectivity index (χ1v) is 8.38. The first-order valence-electron chi connectivity index (χ1n) is 8.38. The lowest BCUT2D eigenvalue weighted by Crippen LogP contribution is -1.94. The molecule has 0 radical (unpaired) electrons. The molecule has 4 aromatic rings. The molecular formula is C23H20ClNO. The van der Waals surface area contributed by atoms with Gasteiger partial charge in [0.15, 0.2) is 0 Å². The van der Waals surface area contributed by atoms with Crippen LogP contribution in [0.3, 0.4) is 0 Å². The predicted molar refractivity (Wildman–Crippen MR) is 110 cm³/mol. The highest BCUT2D eigenvalue weighted by Gasteiger charge is 2.09. The van der Waals surface area contributed by atoms with E-state index in [1.54, 1.807) is 7.11 Å². The monoisotopic (exact) mass is 361 g/mol. The summed E-state index contributed by atoms with van der Waals surface area (Å²) in [7, 11) is 1.69. The van der Waals surface area contributed by atoms with Crippen LogP contribution in [0.5, 0.6) is 5.75 Å². The Balaban J connectivity index is 0.00000196. The molecule has 0 aliphatic carbocycles. The Hall–Kier alpha value is -2.84. The zero-order valence-corrected chi connectivity index (χ0v) is 15.4. The van der Waals surface area contributed by atoms with Crippen LogP contribution in [0, 0.1) is 0 Å². The van der Waals surface area contributed by atoms with E-state index in [-0.39, 0.29) is 12.4 Å². The minimum absolute atomic E-state index is 0. The van der Waals surface area contributed by atoms with E-state index in [2.05, 4.69) is 59.6 Å². The Kier molecular flexibility index (Phi) is 5.55. The fraction of sp³-hybridized carbons (Fsp3) is 0.0870. The van der Waals surface area contributed by atoms with Gasteiger partial charge < -0.3 is 4.74 Å². The van der Waals surface area contributed by atoms with E-state index in [0.717, 1.165) is 17.7 Å². The SMILES string of the molecule is COc1ccc(Cc2cc3ccccc3cc2-c2cccnc2)cc1.Cl. The number of pyridine rings is 1. The summed E-state index contributed by atoms with van der Waals surface area (Å²) in [5, 5.41) is 2.51. The fourth-order valence-corrected chi connectivity index (χ4v) is 3.19. The van der Waals surface area contributed by atoms with Crippen LogP contribution in [0.2, 0.25) is 0 Å². The number of ether oxygens (including phenoxy) is 1. The maximum atomic E-state index is 5.26. The average molecular weight is 362 g/mol. The van der Waals surface area contributed by atoms with Crippen LogP contribution in [0.4, 0.5) is 0 Å². The van der Waals surface area contributed by atoms with Gasteiger partial charge in [0.1, 0.15) is 5.75 Å². The lowest BCUT2D eigenvalue weighted by Gasteiger charge is -2.12. The third kappa shape index (κ3) is 3.71. The minimum atomic E-state index is 0. The molecule has 1 aromatic heterocycles. The summed E-state index contributed by atoms with van der Waals surface area (Å²) < 4.78 is 5.26. The molecule has 0 amide bonds. The van der Waals surface area contributed by atoms with Gasteiger partial charge in [-0.2, -0.15) is 0 Å². The Bertz CT molecular complexity index is 998. The summed E-state index contributed by atoms with van der Waals surface area (Å²) in [6.45, 7) is 0.